The van der Waals surface area contributed by atoms with Crippen molar-refractivity contribution in [1.82, 2.24) is 0 Å². The predicted molar refractivity (Wildman–Crippen MR) is 106 cm³/mol. The molecule has 0 saturated carbocycles. The van der Waals surface area contributed by atoms with E-state index < -0.39 is 7.26 Å². The topological polar surface area (TPSA) is 9.23 Å². The number of rotatable bonds is 17. The summed E-state index contributed by atoms with van der Waals surface area (Å²) in [6.45, 7) is 6.94. The van der Waals surface area contributed by atoms with Gasteiger partial charge in [0.15, 0.2) is 6.35 Å². The maximum absolute atomic E-state index is 5.73. The Morgan fingerprint density at radius 3 is 1.18 bits per heavy atom. The first-order valence-electron chi connectivity index (χ1n) is 10.1. The van der Waals surface area contributed by atoms with Crippen LogP contribution < -0.4 is 0 Å². The standard InChI is InChI=1S/C20H44OP/c1-5-8-11-14-17-22(20-21-4,18-15-12-9-6-2)19-16-13-10-7-3/h5-20H2,1-4H3/q+1. The van der Waals surface area contributed by atoms with Gasteiger partial charge in [0, 0.05) is 14.4 Å². The van der Waals surface area contributed by atoms with Crippen LogP contribution >= 0.6 is 7.26 Å². The van der Waals surface area contributed by atoms with E-state index in [0.717, 1.165) is 6.35 Å². The molecular weight excluding hydrogens is 287 g/mol. The third kappa shape index (κ3) is 11.9. The summed E-state index contributed by atoms with van der Waals surface area (Å²) in [4.78, 5) is 0. The molecule has 0 aromatic carbocycles. The van der Waals surface area contributed by atoms with Gasteiger partial charge in [0.1, 0.15) is 0 Å². The lowest BCUT2D eigenvalue weighted by Gasteiger charge is -2.27. The summed E-state index contributed by atoms with van der Waals surface area (Å²) < 4.78 is 5.73. The van der Waals surface area contributed by atoms with E-state index in [2.05, 4.69) is 20.8 Å². The molecule has 1 nitrogen and oxygen atoms in total. The van der Waals surface area contributed by atoms with Gasteiger partial charge in [-0.05, 0) is 38.5 Å². The van der Waals surface area contributed by atoms with E-state index in [1.165, 1.54) is 95.5 Å². The van der Waals surface area contributed by atoms with Crippen LogP contribution in [0.5, 0.6) is 0 Å². The average molecular weight is 332 g/mol. The van der Waals surface area contributed by atoms with Crippen LogP contribution in [-0.4, -0.2) is 31.9 Å². The largest absolute Gasteiger partial charge is 0.350 e. The van der Waals surface area contributed by atoms with Crippen molar-refractivity contribution >= 4 is 7.26 Å². The summed E-state index contributed by atoms with van der Waals surface area (Å²) in [5.74, 6) is 0. The monoisotopic (exact) mass is 331 g/mol. The molecule has 0 unspecified atom stereocenters. The SMILES string of the molecule is CCCCCC[P+](CCCCCC)(CCCCCC)COC. The lowest BCUT2D eigenvalue weighted by molar-refractivity contribution is 0.252. The Hall–Kier alpha value is 0.390. The van der Waals surface area contributed by atoms with E-state index in [1.54, 1.807) is 0 Å². The van der Waals surface area contributed by atoms with Gasteiger partial charge in [-0.25, -0.2) is 0 Å². The molecule has 0 atom stereocenters. The zero-order chi connectivity index (χ0) is 16.5. The summed E-state index contributed by atoms with van der Waals surface area (Å²) in [7, 11) is 1.09. The first-order chi connectivity index (χ1) is 10.7. The molecule has 0 saturated heterocycles. The average Bonchev–Trinajstić information content (AvgIpc) is 2.53. The first-order valence-corrected chi connectivity index (χ1v) is 12.6. The molecule has 0 spiro atoms. The Labute approximate surface area is 142 Å². The van der Waals surface area contributed by atoms with Gasteiger partial charge in [0.25, 0.3) is 0 Å². The van der Waals surface area contributed by atoms with Crippen LogP contribution in [0.1, 0.15) is 97.8 Å². The number of hydrogen-bond acceptors (Lipinski definition) is 1. The second kappa shape index (κ2) is 16.3. The molecule has 134 valence electrons. The van der Waals surface area contributed by atoms with Crippen molar-refractivity contribution in [3.63, 3.8) is 0 Å². The molecule has 0 aromatic rings. The highest BCUT2D eigenvalue weighted by Crippen LogP contribution is 2.60. The number of ether oxygens (including phenoxy) is 1. The molecule has 22 heavy (non-hydrogen) atoms. The quantitative estimate of drug-likeness (QED) is 0.200. The third-order valence-electron chi connectivity index (χ3n) is 4.86. The zero-order valence-electron chi connectivity index (χ0n) is 16.2. The summed E-state index contributed by atoms with van der Waals surface area (Å²) in [5, 5.41) is 0. The fraction of sp³-hybridized carbons (Fsp3) is 1.00. The highest BCUT2D eigenvalue weighted by atomic mass is 31.2. The maximum atomic E-state index is 5.73. The van der Waals surface area contributed by atoms with E-state index in [9.17, 15) is 0 Å². The van der Waals surface area contributed by atoms with Crippen LogP contribution in [0.3, 0.4) is 0 Å². The molecule has 0 rings (SSSR count). The van der Waals surface area contributed by atoms with Crippen molar-refractivity contribution in [2.45, 2.75) is 97.8 Å². The Morgan fingerprint density at radius 2 is 0.909 bits per heavy atom. The van der Waals surface area contributed by atoms with Crippen LogP contribution in [0.2, 0.25) is 0 Å². The van der Waals surface area contributed by atoms with Gasteiger partial charge < -0.3 is 4.74 Å². The number of methoxy groups -OCH3 is 1. The predicted octanol–water partition coefficient (Wildman–Crippen LogP) is 7.35. The van der Waals surface area contributed by atoms with Crippen molar-refractivity contribution in [2.24, 2.45) is 0 Å². The zero-order valence-corrected chi connectivity index (χ0v) is 17.1. The van der Waals surface area contributed by atoms with Gasteiger partial charge in [-0.2, -0.15) is 0 Å². The molecule has 0 aliphatic rings. The molecule has 0 amide bonds. The molecule has 0 aliphatic heterocycles. The first kappa shape index (κ1) is 22.4. The molecule has 0 bridgehead atoms. The minimum atomic E-state index is -0.839. The summed E-state index contributed by atoms with van der Waals surface area (Å²) >= 11 is 0. The maximum Gasteiger partial charge on any atom is 0.156 e. The molecule has 0 aromatic heterocycles. The van der Waals surface area contributed by atoms with Crippen molar-refractivity contribution < 1.29 is 4.74 Å². The second-order valence-electron chi connectivity index (χ2n) is 7.11. The van der Waals surface area contributed by atoms with Crippen molar-refractivity contribution in [3.05, 3.63) is 0 Å². The minimum Gasteiger partial charge on any atom is -0.350 e. The Kier molecular flexibility index (Phi) is 16.5. The summed E-state index contributed by atoms with van der Waals surface area (Å²) in [6, 6.07) is 0. The fourth-order valence-corrected chi connectivity index (χ4v) is 7.71. The number of hydrogen-bond donors (Lipinski definition) is 0. The minimum absolute atomic E-state index is 0.839. The van der Waals surface area contributed by atoms with Gasteiger partial charge in [-0.3, -0.25) is 0 Å². The summed E-state index contributed by atoms with van der Waals surface area (Å²) in [5.41, 5.74) is 0. The highest BCUT2D eigenvalue weighted by Gasteiger charge is 2.35. The highest BCUT2D eigenvalue weighted by molar-refractivity contribution is 7.75. The molecule has 2 heteroatoms. The van der Waals surface area contributed by atoms with Crippen LogP contribution in [0, 0.1) is 0 Å². The fourth-order valence-electron chi connectivity index (χ4n) is 3.42. The lowest BCUT2D eigenvalue weighted by atomic mass is 10.2. The molecule has 0 fully saturated rings. The smallest absolute Gasteiger partial charge is 0.156 e. The Balaban J connectivity index is 4.39. The van der Waals surface area contributed by atoms with Gasteiger partial charge >= 0.3 is 0 Å². The van der Waals surface area contributed by atoms with E-state index >= 15 is 0 Å². The van der Waals surface area contributed by atoms with E-state index in [1.807, 2.05) is 7.11 Å². The van der Waals surface area contributed by atoms with E-state index in [4.69, 9.17) is 4.74 Å². The van der Waals surface area contributed by atoms with Gasteiger partial charge in [-0.1, -0.05) is 59.3 Å². The van der Waals surface area contributed by atoms with Crippen molar-refractivity contribution in [1.29, 1.82) is 0 Å². The molecule has 0 radical (unpaired) electrons. The van der Waals surface area contributed by atoms with Gasteiger partial charge in [0.2, 0.25) is 0 Å². The molecule has 0 N–H and O–H groups in total. The van der Waals surface area contributed by atoms with Crippen molar-refractivity contribution in [3.8, 4) is 0 Å². The second-order valence-corrected chi connectivity index (χ2v) is 11.4. The molecule has 0 heterocycles. The molecular formula is C20H44OP+. The van der Waals surface area contributed by atoms with Crippen LogP contribution in [-0.2, 0) is 4.74 Å². The van der Waals surface area contributed by atoms with Crippen LogP contribution in [0.15, 0.2) is 0 Å². The normalized spacial score (nSPS) is 12.0. The van der Waals surface area contributed by atoms with Gasteiger partial charge in [0.05, 0.1) is 18.5 Å². The Morgan fingerprint density at radius 1 is 0.545 bits per heavy atom. The summed E-state index contributed by atoms with van der Waals surface area (Å²) in [6.07, 6.45) is 22.5. The third-order valence-corrected chi connectivity index (χ3v) is 9.46. The van der Waals surface area contributed by atoms with Crippen molar-refractivity contribution in [2.75, 3.05) is 31.9 Å². The molecule has 0 aliphatic carbocycles. The van der Waals surface area contributed by atoms with E-state index in [0.29, 0.717) is 0 Å². The lowest BCUT2D eigenvalue weighted by Crippen LogP contribution is -2.14. The Bertz CT molecular complexity index is 186. The van der Waals surface area contributed by atoms with Crippen LogP contribution in [0.4, 0.5) is 0 Å². The van der Waals surface area contributed by atoms with Crippen LogP contribution in [0.25, 0.3) is 0 Å². The number of unbranched alkanes of at least 4 members (excludes halogenated alkanes) is 9. The van der Waals surface area contributed by atoms with E-state index in [-0.39, 0.29) is 0 Å². The van der Waals surface area contributed by atoms with Gasteiger partial charge in [-0.15, -0.1) is 0 Å².